The second kappa shape index (κ2) is 9.73. The van der Waals surface area contributed by atoms with Crippen LogP contribution >= 0.6 is 0 Å². The smallest absolute Gasteiger partial charge is 0.387 e. The Morgan fingerprint density at radius 2 is 2.00 bits per heavy atom. The lowest BCUT2D eigenvalue weighted by Crippen LogP contribution is -2.24. The van der Waals surface area contributed by atoms with Crippen molar-refractivity contribution >= 4 is 5.91 Å². The van der Waals surface area contributed by atoms with Gasteiger partial charge in [0.25, 0.3) is 5.91 Å². The fourth-order valence-corrected chi connectivity index (χ4v) is 3.00. The third-order valence-corrected chi connectivity index (χ3v) is 4.88. The monoisotopic (exact) mass is 444 g/mol. The van der Waals surface area contributed by atoms with Crippen molar-refractivity contribution in [1.29, 1.82) is 0 Å². The van der Waals surface area contributed by atoms with E-state index in [1.165, 1.54) is 18.2 Å². The number of hydrogen-bond donors (Lipinski definition) is 2. The Bertz CT molecular complexity index is 1070. The Morgan fingerprint density at radius 1 is 1.22 bits per heavy atom. The summed E-state index contributed by atoms with van der Waals surface area (Å²) in [5.74, 6) is 0.385. The van der Waals surface area contributed by atoms with Crippen molar-refractivity contribution in [2.45, 2.75) is 32.5 Å². The highest BCUT2D eigenvalue weighted by molar-refractivity contribution is 5.93. The molecule has 3 aromatic rings. The predicted octanol–water partition coefficient (Wildman–Crippen LogP) is 3.52. The third kappa shape index (κ3) is 5.38. The van der Waals surface area contributed by atoms with Gasteiger partial charge in [-0.15, -0.1) is 0 Å². The Labute approximate surface area is 182 Å². The summed E-state index contributed by atoms with van der Waals surface area (Å²) in [6.45, 7) is -2.33. The number of amides is 1. The van der Waals surface area contributed by atoms with Crippen LogP contribution in [0.3, 0.4) is 0 Å². The van der Waals surface area contributed by atoms with Gasteiger partial charge in [-0.2, -0.15) is 8.78 Å². The summed E-state index contributed by atoms with van der Waals surface area (Å²) in [6, 6.07) is 7.94. The summed E-state index contributed by atoms with van der Waals surface area (Å²) in [7, 11) is 0. The average molecular weight is 444 g/mol. The maximum Gasteiger partial charge on any atom is 0.387 e. The number of benzene rings is 1. The first-order valence-electron chi connectivity index (χ1n) is 10.1. The van der Waals surface area contributed by atoms with Crippen LogP contribution in [0.5, 0.6) is 11.5 Å². The van der Waals surface area contributed by atoms with Crippen molar-refractivity contribution in [2.24, 2.45) is 11.7 Å². The molecule has 32 heavy (non-hydrogen) atoms. The molecule has 0 atom stereocenters. The molecule has 0 spiro atoms. The molecule has 1 aromatic carbocycles. The molecule has 1 amide bonds. The van der Waals surface area contributed by atoms with Crippen LogP contribution in [0.1, 0.15) is 34.7 Å². The van der Waals surface area contributed by atoms with Crippen molar-refractivity contribution in [3.05, 3.63) is 59.7 Å². The number of nitrogens with one attached hydrogen (secondary N) is 1. The molecule has 0 unspecified atom stereocenters. The predicted molar refractivity (Wildman–Crippen MR) is 110 cm³/mol. The molecule has 0 bridgehead atoms. The molecule has 168 valence electrons. The number of carbonyl (C=O) groups is 1. The van der Waals surface area contributed by atoms with E-state index >= 15 is 0 Å². The molecule has 2 aromatic heterocycles. The zero-order valence-corrected chi connectivity index (χ0v) is 17.1. The fourth-order valence-electron chi connectivity index (χ4n) is 3.00. The number of rotatable bonds is 10. The number of ether oxygens (including phenoxy) is 2. The number of nitrogens with zero attached hydrogens (tertiary/aromatic N) is 2. The van der Waals surface area contributed by atoms with Crippen LogP contribution in [-0.4, -0.2) is 29.1 Å². The summed E-state index contributed by atoms with van der Waals surface area (Å²) in [5.41, 5.74) is 7.11. The SMILES string of the molecule is NCc1oc(-c2ccc(OC(F)F)c(OCC3CC3)c2)nc1C(=O)NCc1ccncc1. The molecule has 10 heteroatoms. The molecule has 0 radical (unpaired) electrons. The van der Waals surface area contributed by atoms with E-state index < -0.39 is 12.5 Å². The van der Waals surface area contributed by atoms with E-state index in [-0.39, 0.29) is 41.9 Å². The number of halogens is 2. The van der Waals surface area contributed by atoms with E-state index in [1.807, 2.05) is 0 Å². The molecule has 0 aliphatic heterocycles. The second-order valence-electron chi connectivity index (χ2n) is 7.33. The van der Waals surface area contributed by atoms with E-state index in [0.29, 0.717) is 18.1 Å². The first kappa shape index (κ1) is 21.7. The zero-order valence-electron chi connectivity index (χ0n) is 17.1. The van der Waals surface area contributed by atoms with Gasteiger partial charge < -0.3 is 24.9 Å². The van der Waals surface area contributed by atoms with Crippen LogP contribution in [0.2, 0.25) is 0 Å². The molecule has 1 saturated carbocycles. The summed E-state index contributed by atoms with van der Waals surface area (Å²) >= 11 is 0. The fraction of sp³-hybridized carbons (Fsp3) is 0.318. The summed E-state index contributed by atoms with van der Waals surface area (Å²) in [5, 5.41) is 2.76. The lowest BCUT2D eigenvalue weighted by atomic mass is 10.2. The van der Waals surface area contributed by atoms with Gasteiger partial charge in [0.1, 0.15) is 0 Å². The average Bonchev–Trinajstić information content (AvgIpc) is 3.53. The van der Waals surface area contributed by atoms with Crippen molar-refractivity contribution < 1.29 is 27.5 Å². The largest absolute Gasteiger partial charge is 0.489 e. The number of aromatic nitrogens is 2. The van der Waals surface area contributed by atoms with Crippen molar-refractivity contribution in [3.63, 3.8) is 0 Å². The lowest BCUT2D eigenvalue weighted by Gasteiger charge is -2.12. The van der Waals surface area contributed by atoms with Crippen LogP contribution in [0, 0.1) is 5.92 Å². The molecule has 1 aliphatic rings. The Balaban J connectivity index is 1.55. The van der Waals surface area contributed by atoms with Gasteiger partial charge in [-0.3, -0.25) is 9.78 Å². The molecular weight excluding hydrogens is 422 g/mol. The minimum Gasteiger partial charge on any atom is -0.489 e. The van der Waals surface area contributed by atoms with Gasteiger partial charge in [-0.05, 0) is 54.7 Å². The highest BCUT2D eigenvalue weighted by Gasteiger charge is 2.24. The van der Waals surface area contributed by atoms with Crippen LogP contribution < -0.4 is 20.5 Å². The Morgan fingerprint density at radius 3 is 2.69 bits per heavy atom. The van der Waals surface area contributed by atoms with Crippen LogP contribution in [0.4, 0.5) is 8.78 Å². The molecule has 2 heterocycles. The Hall–Kier alpha value is -3.53. The van der Waals surface area contributed by atoms with Crippen LogP contribution in [0.25, 0.3) is 11.5 Å². The first-order chi connectivity index (χ1) is 15.5. The number of nitrogens with two attached hydrogens (primary N) is 1. The normalized spacial score (nSPS) is 13.2. The summed E-state index contributed by atoms with van der Waals surface area (Å²) < 4.78 is 41.4. The molecule has 4 rings (SSSR count). The molecule has 1 fully saturated rings. The van der Waals surface area contributed by atoms with Crippen molar-refractivity contribution in [2.75, 3.05) is 6.61 Å². The third-order valence-electron chi connectivity index (χ3n) is 4.88. The standard InChI is InChI=1S/C22H22F2N4O4/c23-22(24)32-16-4-3-15(9-17(16)30-12-14-1-2-14)21-28-19(18(10-25)31-21)20(29)27-11-13-5-7-26-8-6-13/h3-9,14,22H,1-2,10-12,25H2,(H,27,29). The van der Waals surface area contributed by atoms with Gasteiger partial charge in [0.15, 0.2) is 23.0 Å². The molecule has 0 saturated heterocycles. The van der Waals surface area contributed by atoms with Gasteiger partial charge >= 0.3 is 6.61 Å². The highest BCUT2D eigenvalue weighted by atomic mass is 19.3. The maximum atomic E-state index is 12.8. The quantitative estimate of drug-likeness (QED) is 0.492. The number of hydrogen-bond acceptors (Lipinski definition) is 7. The van der Waals surface area contributed by atoms with Gasteiger partial charge in [-0.1, -0.05) is 0 Å². The molecular formula is C22H22F2N4O4. The van der Waals surface area contributed by atoms with Gasteiger partial charge in [0.05, 0.1) is 13.2 Å². The molecule has 8 nitrogen and oxygen atoms in total. The van der Waals surface area contributed by atoms with E-state index in [4.69, 9.17) is 14.9 Å². The van der Waals surface area contributed by atoms with E-state index in [9.17, 15) is 13.6 Å². The van der Waals surface area contributed by atoms with E-state index in [0.717, 1.165) is 18.4 Å². The zero-order chi connectivity index (χ0) is 22.5. The topological polar surface area (TPSA) is 113 Å². The molecule has 3 N–H and O–H groups in total. The van der Waals surface area contributed by atoms with E-state index in [2.05, 4.69) is 20.0 Å². The minimum absolute atomic E-state index is 0.0391. The van der Waals surface area contributed by atoms with Gasteiger partial charge in [0, 0.05) is 24.5 Å². The second-order valence-corrected chi connectivity index (χ2v) is 7.33. The summed E-state index contributed by atoms with van der Waals surface area (Å²) in [4.78, 5) is 20.9. The van der Waals surface area contributed by atoms with Crippen LogP contribution in [-0.2, 0) is 13.1 Å². The van der Waals surface area contributed by atoms with E-state index in [1.54, 1.807) is 24.5 Å². The maximum absolute atomic E-state index is 12.8. The number of pyridine rings is 1. The van der Waals surface area contributed by atoms with Crippen LogP contribution in [0.15, 0.2) is 47.1 Å². The number of alkyl halides is 2. The minimum atomic E-state index is -2.98. The van der Waals surface area contributed by atoms with Gasteiger partial charge in [-0.25, -0.2) is 4.98 Å². The molecule has 1 aliphatic carbocycles. The van der Waals surface area contributed by atoms with Crippen molar-refractivity contribution in [3.8, 4) is 23.0 Å². The number of oxazole rings is 1. The van der Waals surface area contributed by atoms with Crippen molar-refractivity contribution in [1.82, 2.24) is 15.3 Å². The van der Waals surface area contributed by atoms with Gasteiger partial charge in [0.2, 0.25) is 5.89 Å². The highest BCUT2D eigenvalue weighted by Crippen LogP contribution is 2.36. The summed E-state index contributed by atoms with van der Waals surface area (Å²) in [6.07, 6.45) is 5.35. The Kier molecular flexibility index (Phi) is 6.60. The first-order valence-corrected chi connectivity index (χ1v) is 10.1. The number of carbonyl (C=O) groups excluding carboxylic acids is 1. The lowest BCUT2D eigenvalue weighted by molar-refractivity contribution is -0.0515.